The Balaban J connectivity index is 0.000000569. The lowest BCUT2D eigenvalue weighted by Gasteiger charge is -2.51. The average Bonchev–Trinajstić information content (AvgIpc) is 3.08. The van der Waals surface area contributed by atoms with E-state index < -0.39 is 0 Å². The van der Waals surface area contributed by atoms with Crippen molar-refractivity contribution >= 4 is 6.47 Å². The summed E-state index contributed by atoms with van der Waals surface area (Å²) in [6.45, 7) is 6.96. The quantitative estimate of drug-likeness (QED) is 0.820. The molecule has 3 heterocycles. The van der Waals surface area contributed by atoms with E-state index in [-0.39, 0.29) is 6.47 Å². The fourth-order valence-corrected chi connectivity index (χ4v) is 4.17. The molecule has 0 saturated carbocycles. The van der Waals surface area contributed by atoms with Gasteiger partial charge in [0.25, 0.3) is 6.47 Å². The van der Waals surface area contributed by atoms with E-state index in [4.69, 9.17) is 19.4 Å². The minimum atomic E-state index is -0.250. The average molecular weight is 348 g/mol. The van der Waals surface area contributed by atoms with Crippen molar-refractivity contribution in [2.45, 2.75) is 31.3 Å². The molecule has 3 aliphatic rings. The molecule has 1 N–H and O–H groups in total. The molecular formula is C19H28N2O4. The number of fused-ring (bicyclic) bond motifs is 1. The van der Waals surface area contributed by atoms with Crippen molar-refractivity contribution < 1.29 is 19.4 Å². The third-order valence-electron chi connectivity index (χ3n) is 5.66. The van der Waals surface area contributed by atoms with Crippen molar-refractivity contribution in [1.82, 2.24) is 9.80 Å². The van der Waals surface area contributed by atoms with Crippen LogP contribution in [0.1, 0.15) is 24.0 Å². The summed E-state index contributed by atoms with van der Waals surface area (Å²) >= 11 is 0. The number of rotatable bonds is 2. The number of likely N-dealkylation sites (N-methyl/N-ethyl adjacent to an activating group) is 1. The third-order valence-corrected chi connectivity index (χ3v) is 5.66. The minimum absolute atomic E-state index is 0.250. The Kier molecular flexibility index (Phi) is 5.93. The van der Waals surface area contributed by atoms with Gasteiger partial charge in [-0.15, -0.1) is 0 Å². The Morgan fingerprint density at radius 1 is 1.24 bits per heavy atom. The first-order valence-corrected chi connectivity index (χ1v) is 9.01. The summed E-state index contributed by atoms with van der Waals surface area (Å²) in [5, 5.41) is 6.89. The van der Waals surface area contributed by atoms with E-state index in [2.05, 4.69) is 35.0 Å². The number of benzene rings is 1. The first-order chi connectivity index (χ1) is 12.2. The van der Waals surface area contributed by atoms with Crippen molar-refractivity contribution in [3.8, 4) is 5.75 Å². The maximum Gasteiger partial charge on any atom is 0.290 e. The molecule has 0 bridgehead atoms. The Labute approximate surface area is 149 Å². The van der Waals surface area contributed by atoms with Gasteiger partial charge < -0.3 is 14.6 Å². The molecule has 1 spiro atoms. The number of carboxylic acid groups (broad SMARTS) is 1. The van der Waals surface area contributed by atoms with Crippen LogP contribution in [0.2, 0.25) is 0 Å². The molecule has 0 aromatic heterocycles. The second kappa shape index (κ2) is 8.17. The van der Waals surface area contributed by atoms with Gasteiger partial charge in [-0.05, 0) is 37.1 Å². The SMILES string of the molecule is CN1CCN(Cc2ccc3c(c2)CCO3)CC12CCOCC2.O=CO. The summed E-state index contributed by atoms with van der Waals surface area (Å²) in [5.74, 6) is 1.09. The van der Waals surface area contributed by atoms with Gasteiger partial charge in [-0.1, -0.05) is 12.1 Å². The Hall–Kier alpha value is -1.63. The molecule has 138 valence electrons. The second-order valence-electron chi connectivity index (χ2n) is 7.11. The Bertz CT molecular complexity index is 587. The van der Waals surface area contributed by atoms with E-state index in [9.17, 15) is 0 Å². The lowest BCUT2D eigenvalue weighted by atomic mass is 9.86. The smallest absolute Gasteiger partial charge is 0.290 e. The largest absolute Gasteiger partial charge is 0.493 e. The van der Waals surface area contributed by atoms with E-state index >= 15 is 0 Å². The highest BCUT2D eigenvalue weighted by Gasteiger charge is 2.40. The van der Waals surface area contributed by atoms with Crippen molar-refractivity contribution in [1.29, 1.82) is 0 Å². The number of hydrogen-bond acceptors (Lipinski definition) is 5. The first kappa shape index (κ1) is 18.2. The molecule has 0 atom stereocenters. The van der Waals surface area contributed by atoms with Gasteiger partial charge in [0.15, 0.2) is 0 Å². The molecule has 1 aromatic carbocycles. The number of ether oxygens (including phenoxy) is 2. The van der Waals surface area contributed by atoms with Crippen LogP contribution >= 0.6 is 0 Å². The lowest BCUT2D eigenvalue weighted by Crippen LogP contribution is -2.62. The molecule has 3 aliphatic heterocycles. The van der Waals surface area contributed by atoms with Crippen LogP contribution < -0.4 is 4.74 Å². The number of nitrogens with zero attached hydrogens (tertiary/aromatic N) is 2. The van der Waals surface area contributed by atoms with Gasteiger partial charge >= 0.3 is 0 Å². The summed E-state index contributed by atoms with van der Waals surface area (Å²) in [7, 11) is 2.29. The van der Waals surface area contributed by atoms with Crippen LogP contribution in [-0.4, -0.2) is 73.4 Å². The van der Waals surface area contributed by atoms with Crippen molar-refractivity contribution in [3.63, 3.8) is 0 Å². The highest BCUT2D eigenvalue weighted by molar-refractivity contribution is 5.39. The van der Waals surface area contributed by atoms with Crippen LogP contribution in [0.25, 0.3) is 0 Å². The lowest BCUT2D eigenvalue weighted by molar-refractivity contribution is -0.122. The fraction of sp³-hybridized carbons (Fsp3) is 0.632. The van der Waals surface area contributed by atoms with Gasteiger partial charge in [0.2, 0.25) is 0 Å². The molecule has 6 nitrogen and oxygen atoms in total. The zero-order valence-corrected chi connectivity index (χ0v) is 14.9. The molecule has 4 rings (SSSR count). The molecule has 0 radical (unpaired) electrons. The zero-order chi connectivity index (χ0) is 17.7. The molecule has 2 saturated heterocycles. The molecule has 1 aromatic rings. The van der Waals surface area contributed by atoms with Crippen molar-refractivity contribution in [2.24, 2.45) is 0 Å². The Morgan fingerprint density at radius 3 is 2.76 bits per heavy atom. The maximum atomic E-state index is 8.36. The van der Waals surface area contributed by atoms with Gasteiger partial charge in [0, 0.05) is 51.4 Å². The van der Waals surface area contributed by atoms with E-state index in [1.807, 2.05) is 0 Å². The second-order valence-corrected chi connectivity index (χ2v) is 7.11. The van der Waals surface area contributed by atoms with Gasteiger partial charge in [0.1, 0.15) is 5.75 Å². The number of piperazine rings is 1. The standard InChI is InChI=1S/C18H26N2O2.CH2O2/c1-19-7-8-20(14-18(19)5-10-21-11-6-18)13-15-2-3-17-16(12-15)4-9-22-17;2-1-3/h2-3,12H,4-11,13-14H2,1H3;1H,(H,2,3). The van der Waals surface area contributed by atoms with Crippen LogP contribution in [0.3, 0.4) is 0 Å². The summed E-state index contributed by atoms with van der Waals surface area (Å²) in [6, 6.07) is 6.73. The Morgan fingerprint density at radius 2 is 2.00 bits per heavy atom. The predicted molar refractivity (Wildman–Crippen MR) is 95.0 cm³/mol. The molecular weight excluding hydrogens is 320 g/mol. The fourth-order valence-electron chi connectivity index (χ4n) is 4.17. The molecule has 6 heteroatoms. The van der Waals surface area contributed by atoms with E-state index in [0.717, 1.165) is 64.5 Å². The summed E-state index contributed by atoms with van der Waals surface area (Å²) in [4.78, 5) is 13.6. The van der Waals surface area contributed by atoms with Crippen LogP contribution in [-0.2, 0) is 22.5 Å². The monoisotopic (exact) mass is 348 g/mol. The van der Waals surface area contributed by atoms with Crippen LogP contribution in [0.4, 0.5) is 0 Å². The topological polar surface area (TPSA) is 62.2 Å². The summed E-state index contributed by atoms with van der Waals surface area (Å²) in [5.41, 5.74) is 3.14. The molecule has 2 fully saturated rings. The first-order valence-electron chi connectivity index (χ1n) is 9.01. The normalized spacial score (nSPS) is 22.6. The third kappa shape index (κ3) is 4.14. The zero-order valence-electron chi connectivity index (χ0n) is 14.9. The number of carbonyl (C=O) groups is 1. The molecule has 25 heavy (non-hydrogen) atoms. The van der Waals surface area contributed by atoms with Crippen LogP contribution in [0.5, 0.6) is 5.75 Å². The molecule has 0 aliphatic carbocycles. The van der Waals surface area contributed by atoms with Gasteiger partial charge in [-0.25, -0.2) is 0 Å². The molecule has 0 amide bonds. The van der Waals surface area contributed by atoms with Crippen LogP contribution in [0, 0.1) is 0 Å². The minimum Gasteiger partial charge on any atom is -0.493 e. The summed E-state index contributed by atoms with van der Waals surface area (Å²) in [6.07, 6.45) is 3.39. The van der Waals surface area contributed by atoms with E-state index in [1.165, 1.54) is 17.7 Å². The summed E-state index contributed by atoms with van der Waals surface area (Å²) < 4.78 is 11.2. The number of hydrogen-bond donors (Lipinski definition) is 1. The van der Waals surface area contributed by atoms with Gasteiger partial charge in [0.05, 0.1) is 6.61 Å². The van der Waals surface area contributed by atoms with Gasteiger partial charge in [-0.2, -0.15) is 0 Å². The van der Waals surface area contributed by atoms with Crippen LogP contribution in [0.15, 0.2) is 18.2 Å². The van der Waals surface area contributed by atoms with Gasteiger partial charge in [-0.3, -0.25) is 14.6 Å². The molecule has 0 unspecified atom stereocenters. The van der Waals surface area contributed by atoms with E-state index in [0.29, 0.717) is 5.54 Å². The highest BCUT2D eigenvalue weighted by Crippen LogP contribution is 2.32. The highest BCUT2D eigenvalue weighted by atomic mass is 16.5. The predicted octanol–water partition coefficient (Wildman–Crippen LogP) is 1.62. The maximum absolute atomic E-state index is 8.36. The van der Waals surface area contributed by atoms with Crippen molar-refractivity contribution in [2.75, 3.05) is 46.5 Å². The van der Waals surface area contributed by atoms with Crippen molar-refractivity contribution in [3.05, 3.63) is 29.3 Å². The van der Waals surface area contributed by atoms with E-state index in [1.54, 1.807) is 0 Å².